The van der Waals surface area contributed by atoms with E-state index in [4.69, 9.17) is 35.0 Å². The van der Waals surface area contributed by atoms with Crippen LogP contribution in [0.15, 0.2) is 89.4 Å². The zero-order valence-electron chi connectivity index (χ0n) is 30.1. The van der Waals surface area contributed by atoms with E-state index in [0.29, 0.717) is 40.4 Å². The molecule has 0 saturated carbocycles. The van der Waals surface area contributed by atoms with E-state index in [1.807, 2.05) is 123 Å². The molecule has 8 aromatic rings. The van der Waals surface area contributed by atoms with Crippen LogP contribution in [0.5, 0.6) is 0 Å². The van der Waals surface area contributed by atoms with Crippen molar-refractivity contribution in [2.45, 2.75) is 20.0 Å². The highest BCUT2D eigenvalue weighted by Gasteiger charge is 2.18. The summed E-state index contributed by atoms with van der Waals surface area (Å²) in [7, 11) is 7.77. The molecule has 0 amide bonds. The maximum absolute atomic E-state index is 9.00. The minimum Gasteiger partial charge on any atom is -0.347 e. The molecule has 12 nitrogen and oxygen atoms in total. The van der Waals surface area contributed by atoms with Gasteiger partial charge in [0.05, 0.1) is 47.4 Å². The number of benzene rings is 4. The minimum atomic E-state index is 0.544. The number of aryl methyl sites for hydroxylation is 1. The summed E-state index contributed by atoms with van der Waals surface area (Å²) in [6.07, 6.45) is 0. The molecule has 0 aliphatic heterocycles. The van der Waals surface area contributed by atoms with E-state index in [-0.39, 0.29) is 0 Å². The first-order valence-corrected chi connectivity index (χ1v) is 18.4. The molecule has 0 fully saturated rings. The Hall–Kier alpha value is -6.00. The van der Waals surface area contributed by atoms with Gasteiger partial charge in [0, 0.05) is 43.4 Å². The van der Waals surface area contributed by atoms with Crippen molar-refractivity contribution in [3.63, 3.8) is 0 Å². The van der Waals surface area contributed by atoms with Crippen LogP contribution in [-0.2, 0) is 13.1 Å². The third kappa shape index (κ3) is 6.69. The van der Waals surface area contributed by atoms with E-state index in [2.05, 4.69) is 73.6 Å². The van der Waals surface area contributed by atoms with Crippen LogP contribution in [0.1, 0.15) is 27.8 Å². The van der Waals surface area contributed by atoms with E-state index in [9.17, 15) is 0 Å². The predicted molar refractivity (Wildman–Crippen MR) is 220 cm³/mol. The van der Waals surface area contributed by atoms with Crippen LogP contribution in [0.25, 0.3) is 33.4 Å². The van der Waals surface area contributed by atoms with Crippen molar-refractivity contribution in [3.05, 3.63) is 127 Å². The molecule has 4 aromatic carbocycles. The number of fused-ring (bicyclic) bond motifs is 6. The topological polar surface area (TPSA) is 124 Å². The summed E-state index contributed by atoms with van der Waals surface area (Å²) in [5, 5.41) is 37.5. The number of halogens is 1. The molecule has 0 radical (unpaired) electrons. The highest BCUT2D eigenvalue weighted by molar-refractivity contribution is 9.10. The Morgan fingerprint density at radius 3 is 1.46 bits per heavy atom. The molecule has 268 valence electrons. The lowest BCUT2D eigenvalue weighted by Gasteiger charge is -2.15. The van der Waals surface area contributed by atoms with E-state index >= 15 is 0 Å². The van der Waals surface area contributed by atoms with Crippen LogP contribution < -0.4 is 9.80 Å². The molecule has 0 bridgehead atoms. The lowest BCUT2D eigenvalue weighted by molar-refractivity contribution is 0.783. The Morgan fingerprint density at radius 2 is 1.04 bits per heavy atom. The monoisotopic (exact) mass is 812 g/mol. The first-order chi connectivity index (χ1) is 26.0. The van der Waals surface area contributed by atoms with Crippen LogP contribution in [0.2, 0.25) is 0 Å². The smallest absolute Gasteiger partial charge is 0.238 e. The fourth-order valence-corrected chi connectivity index (χ4v) is 7.26. The van der Waals surface area contributed by atoms with Crippen molar-refractivity contribution < 1.29 is 0 Å². The second-order valence-corrected chi connectivity index (χ2v) is 14.8. The van der Waals surface area contributed by atoms with Gasteiger partial charge in [0.2, 0.25) is 23.5 Å². The van der Waals surface area contributed by atoms with Gasteiger partial charge in [-0.25, -0.2) is 8.80 Å². The molecule has 0 atom stereocenters. The maximum atomic E-state index is 9.00. The van der Waals surface area contributed by atoms with Gasteiger partial charge in [0.25, 0.3) is 0 Å². The second kappa shape index (κ2) is 14.8. The van der Waals surface area contributed by atoms with E-state index in [1.54, 1.807) is 0 Å². The highest BCUT2D eigenvalue weighted by Crippen LogP contribution is 2.27. The van der Waals surface area contributed by atoms with Crippen LogP contribution in [-0.4, -0.2) is 66.5 Å². The van der Waals surface area contributed by atoms with Crippen LogP contribution in [0.3, 0.4) is 0 Å². The van der Waals surface area contributed by atoms with E-state index in [1.165, 1.54) is 0 Å². The van der Waals surface area contributed by atoms with Gasteiger partial charge in [0.1, 0.15) is 9.28 Å². The second-order valence-electron chi connectivity index (χ2n) is 13.1. The predicted octanol–water partition coefficient (Wildman–Crippen LogP) is 7.87. The molecule has 0 spiro atoms. The van der Waals surface area contributed by atoms with Gasteiger partial charge < -0.3 is 9.80 Å². The van der Waals surface area contributed by atoms with Gasteiger partial charge >= 0.3 is 0 Å². The van der Waals surface area contributed by atoms with E-state index in [0.717, 1.165) is 59.5 Å². The van der Waals surface area contributed by atoms with Gasteiger partial charge in [-0.15, -0.1) is 20.4 Å². The molecule has 0 saturated heterocycles. The van der Waals surface area contributed by atoms with Gasteiger partial charge in [-0.05, 0) is 72.6 Å². The fraction of sp³-hybridized carbons (Fsp3) is 0.179. The standard InChI is InChI=1S/C20H18N6S.C19H15BrN6S/c1-13-4-9-17-16(10-13)18(27)25(12-15-7-5-14(11-21)6-8-15)20-23-22-19(24(2)3)26(17)20;1-24(2)18-22-23-19-25(11-13-5-3-12(10-21)4-6-13)17(27)15-9-14(20)7-8-16(15)26(18)19/h4-10H,12H2,1-3H3;3-9H,11H2,1-2H3. The average molecular weight is 814 g/mol. The Bertz CT molecular complexity index is 2720. The lowest BCUT2D eigenvalue weighted by Crippen LogP contribution is -2.15. The molecule has 8 rings (SSSR count). The largest absolute Gasteiger partial charge is 0.347 e. The van der Waals surface area contributed by atoms with Crippen molar-refractivity contribution in [1.29, 1.82) is 10.5 Å². The molecule has 4 aromatic heterocycles. The van der Waals surface area contributed by atoms with E-state index < -0.39 is 0 Å². The molecule has 0 aliphatic carbocycles. The Labute approximate surface area is 329 Å². The molecule has 0 unspecified atom stereocenters. The third-order valence-corrected chi connectivity index (χ3v) is 10.3. The summed E-state index contributed by atoms with van der Waals surface area (Å²) in [4.78, 5) is 3.87. The van der Waals surface area contributed by atoms with Gasteiger partial charge in [0.15, 0.2) is 0 Å². The van der Waals surface area contributed by atoms with Crippen LogP contribution in [0.4, 0.5) is 11.9 Å². The third-order valence-electron chi connectivity index (χ3n) is 8.93. The van der Waals surface area contributed by atoms with Gasteiger partial charge in [-0.3, -0.25) is 9.13 Å². The van der Waals surface area contributed by atoms with Crippen molar-refractivity contribution in [2.75, 3.05) is 38.0 Å². The molecular weight excluding hydrogens is 781 g/mol. The summed E-state index contributed by atoms with van der Waals surface area (Å²) in [6, 6.07) is 31.6. The molecule has 0 N–H and O–H groups in total. The molecule has 15 heteroatoms. The molecule has 0 aliphatic rings. The summed E-state index contributed by atoms with van der Waals surface area (Å²) in [6.45, 7) is 3.16. The van der Waals surface area contributed by atoms with Gasteiger partial charge in [-0.1, -0.05) is 76.3 Å². The Kier molecular flexibility index (Phi) is 9.96. The van der Waals surface area contributed by atoms with Crippen LogP contribution >= 0.6 is 40.4 Å². The number of nitrogens with zero attached hydrogens (tertiary/aromatic N) is 12. The molecular formula is C39H33BrN12S2. The highest BCUT2D eigenvalue weighted by atomic mass is 79.9. The number of hydrogen-bond acceptors (Lipinski definition) is 10. The summed E-state index contributed by atoms with van der Waals surface area (Å²) in [5.41, 5.74) is 6.46. The normalized spacial score (nSPS) is 11.0. The molecule has 4 heterocycles. The van der Waals surface area contributed by atoms with Crippen molar-refractivity contribution in [1.82, 2.24) is 38.3 Å². The van der Waals surface area contributed by atoms with Crippen molar-refractivity contribution in [2.24, 2.45) is 0 Å². The Morgan fingerprint density at radius 1 is 0.611 bits per heavy atom. The number of anilines is 2. The zero-order chi connectivity index (χ0) is 38.3. The zero-order valence-corrected chi connectivity index (χ0v) is 33.3. The number of aromatic nitrogens is 8. The summed E-state index contributed by atoms with van der Waals surface area (Å²) in [5.74, 6) is 2.87. The SMILES string of the molecule is CN(C)c1nnc2n(Cc3ccc(C#N)cc3)c(=S)c3cc(Br)ccc3n12.Cc1ccc2c(c1)c(=S)n(Cc1ccc(C#N)cc1)c1nnc(N(C)C)n21. The van der Waals surface area contributed by atoms with Crippen molar-refractivity contribution in [3.8, 4) is 12.1 Å². The number of rotatable bonds is 6. The number of nitriles is 2. The van der Waals surface area contributed by atoms with Gasteiger partial charge in [-0.2, -0.15) is 10.5 Å². The quantitative estimate of drug-likeness (QED) is 0.153. The first-order valence-electron chi connectivity index (χ1n) is 16.8. The van der Waals surface area contributed by atoms with Crippen LogP contribution in [0, 0.1) is 38.9 Å². The molecule has 54 heavy (non-hydrogen) atoms. The average Bonchev–Trinajstić information content (AvgIpc) is 3.82. The van der Waals surface area contributed by atoms with Crippen molar-refractivity contribution >= 4 is 85.6 Å². The lowest BCUT2D eigenvalue weighted by atomic mass is 10.1. The first kappa shape index (κ1) is 36.4. The maximum Gasteiger partial charge on any atom is 0.238 e. The Balaban J connectivity index is 0.000000167. The fourth-order valence-electron chi connectivity index (χ4n) is 6.28. The summed E-state index contributed by atoms with van der Waals surface area (Å²) < 4.78 is 10.4. The number of hydrogen-bond donors (Lipinski definition) is 0. The minimum absolute atomic E-state index is 0.544. The summed E-state index contributed by atoms with van der Waals surface area (Å²) >= 11 is 15.2.